The average Bonchev–Trinajstić information content (AvgIpc) is 3.62. The van der Waals surface area contributed by atoms with Crippen LogP contribution >= 0.6 is 0 Å². The van der Waals surface area contributed by atoms with Crippen LogP contribution in [0.3, 0.4) is 0 Å². The molecule has 12 nitrogen and oxygen atoms in total. The van der Waals surface area contributed by atoms with Crippen LogP contribution < -0.4 is 14.8 Å². The predicted molar refractivity (Wildman–Crippen MR) is 218 cm³/mol. The Labute approximate surface area is 335 Å². The van der Waals surface area contributed by atoms with Crippen molar-refractivity contribution in [3.8, 4) is 22.5 Å². The summed E-state index contributed by atoms with van der Waals surface area (Å²) in [4.78, 5) is 56.2. The summed E-state index contributed by atoms with van der Waals surface area (Å²) in [5.41, 5.74) is 4.33. The first-order valence-corrected chi connectivity index (χ1v) is 20.7. The minimum absolute atomic E-state index is 0.255. The molecule has 0 unspecified atom stereocenters. The maximum Gasteiger partial charge on any atom is 0.261 e. The van der Waals surface area contributed by atoms with Crippen molar-refractivity contribution in [2.24, 2.45) is 0 Å². The van der Waals surface area contributed by atoms with Crippen molar-refractivity contribution in [2.75, 3.05) is 44.2 Å². The van der Waals surface area contributed by atoms with E-state index in [9.17, 15) is 32.1 Å². The van der Waals surface area contributed by atoms with E-state index >= 15 is 0 Å². The number of benzene rings is 5. The molecule has 4 aromatic carbocycles. The van der Waals surface area contributed by atoms with Gasteiger partial charge in [-0.3, -0.25) is 29.0 Å². The summed E-state index contributed by atoms with van der Waals surface area (Å²) in [7, 11) is -4.86. The second-order valence-electron chi connectivity index (χ2n) is 14.3. The van der Waals surface area contributed by atoms with Crippen LogP contribution in [-0.2, 0) is 10.1 Å². The molecule has 0 saturated carbocycles. The zero-order valence-corrected chi connectivity index (χ0v) is 32.8. The van der Waals surface area contributed by atoms with E-state index in [1.807, 2.05) is 50.2 Å². The lowest BCUT2D eigenvalue weighted by molar-refractivity contribution is 0.0637. The molecule has 0 bridgehead atoms. The molecule has 8 rings (SSSR count). The SMILES string of the molecule is CCN(CCCN1C(=O)c2ccccc2C1=O)c1ccc2c(-c3ccccc3S(=O)(=O)[O-])c3ccc(=[N+](CC)CCCN4C(=O)c5ccccc5C4=O)cc-3oc2c1. The quantitative estimate of drug-likeness (QED) is 0.0585. The Morgan fingerprint density at radius 1 is 0.655 bits per heavy atom. The molecule has 0 radical (unpaired) electrons. The molecule has 0 atom stereocenters. The fourth-order valence-electron chi connectivity index (χ4n) is 8.11. The van der Waals surface area contributed by atoms with Crippen molar-refractivity contribution in [1.29, 1.82) is 0 Å². The molecular weight excluding hydrogens is 757 g/mol. The molecule has 0 N–H and O–H groups in total. The van der Waals surface area contributed by atoms with Gasteiger partial charge < -0.3 is 13.9 Å². The second-order valence-corrected chi connectivity index (χ2v) is 15.6. The number of anilines is 1. The molecule has 3 aliphatic heterocycles. The van der Waals surface area contributed by atoms with Gasteiger partial charge in [0.2, 0.25) is 5.36 Å². The molecule has 0 saturated heterocycles. The lowest BCUT2D eigenvalue weighted by Gasteiger charge is -2.25. The van der Waals surface area contributed by atoms with E-state index in [-0.39, 0.29) is 47.2 Å². The second kappa shape index (κ2) is 15.5. The third-order valence-electron chi connectivity index (χ3n) is 11.0. The Kier molecular flexibility index (Phi) is 10.3. The van der Waals surface area contributed by atoms with E-state index < -0.39 is 10.1 Å². The number of hydrogen-bond donors (Lipinski definition) is 0. The number of carbonyl (C=O) groups is 4. The summed E-state index contributed by atoms with van der Waals surface area (Å²) in [6.07, 6.45) is 1.05. The van der Waals surface area contributed by atoms with Crippen LogP contribution in [-0.4, -0.2) is 85.7 Å². The molecule has 13 heteroatoms. The minimum atomic E-state index is -4.86. The van der Waals surface area contributed by atoms with Gasteiger partial charge in [-0.1, -0.05) is 42.5 Å². The summed E-state index contributed by atoms with van der Waals surface area (Å²) in [6.45, 7) is 6.81. The van der Waals surface area contributed by atoms with Crippen molar-refractivity contribution in [2.45, 2.75) is 31.6 Å². The molecular formula is C45H40N4O8S. The minimum Gasteiger partial charge on any atom is -0.744 e. The number of hydrogen-bond acceptors (Lipinski definition) is 9. The van der Waals surface area contributed by atoms with Gasteiger partial charge in [0.25, 0.3) is 23.6 Å². The smallest absolute Gasteiger partial charge is 0.261 e. The van der Waals surface area contributed by atoms with E-state index in [0.29, 0.717) is 89.1 Å². The summed E-state index contributed by atoms with van der Waals surface area (Å²) in [5, 5.41) is 1.42. The molecule has 294 valence electrons. The van der Waals surface area contributed by atoms with Crippen LogP contribution in [0.5, 0.6) is 0 Å². The standard InChI is InChI=1S/C45H40N4O8S/c1-3-46(23-11-25-48-42(50)31-13-5-6-14-32(31)43(48)51)29-19-21-35-38(27-29)57-39-28-30(20-22-36(39)41(35)37-17-9-10-18-40(37)58(54,55)56)47(4-2)24-12-26-49-44(52)33-15-7-8-16-34(33)45(49)53/h5-10,13-22,27-28H,3-4,11-12,23-26H2,1-2H3. The molecule has 4 amide bonds. The topological polar surface area (TPSA) is 151 Å². The number of carbonyl (C=O) groups excluding carboxylic acids is 4. The predicted octanol–water partition coefficient (Wildman–Crippen LogP) is 6.10. The average molecular weight is 797 g/mol. The molecule has 4 aliphatic rings. The molecule has 0 spiro atoms. The number of fused-ring (bicyclic) bond motifs is 4. The van der Waals surface area contributed by atoms with Crippen LogP contribution in [0, 0.1) is 0 Å². The van der Waals surface area contributed by atoms with Crippen molar-refractivity contribution in [1.82, 2.24) is 14.4 Å². The van der Waals surface area contributed by atoms with Crippen LogP contribution in [0.2, 0.25) is 0 Å². The Bertz CT molecular complexity index is 2740. The van der Waals surface area contributed by atoms with Gasteiger partial charge in [-0.25, -0.2) is 13.0 Å². The molecule has 4 aromatic rings. The van der Waals surface area contributed by atoms with Crippen LogP contribution in [0.4, 0.5) is 5.69 Å². The number of nitrogens with zero attached hydrogens (tertiary/aromatic N) is 4. The van der Waals surface area contributed by atoms with Crippen molar-refractivity contribution >= 4 is 50.4 Å². The highest BCUT2D eigenvalue weighted by Crippen LogP contribution is 2.43. The first-order valence-electron chi connectivity index (χ1n) is 19.3. The highest BCUT2D eigenvalue weighted by atomic mass is 32.2. The Morgan fingerprint density at radius 3 is 1.76 bits per heavy atom. The maximum absolute atomic E-state index is 13.0. The molecule has 58 heavy (non-hydrogen) atoms. The maximum atomic E-state index is 13.0. The third kappa shape index (κ3) is 6.86. The molecule has 0 aromatic heterocycles. The largest absolute Gasteiger partial charge is 0.744 e. The summed E-state index contributed by atoms with van der Waals surface area (Å²) < 4.78 is 46.5. The summed E-state index contributed by atoms with van der Waals surface area (Å²) in [6, 6.07) is 31.1. The van der Waals surface area contributed by atoms with Gasteiger partial charge >= 0.3 is 0 Å². The Morgan fingerprint density at radius 2 is 1.21 bits per heavy atom. The zero-order chi connectivity index (χ0) is 40.7. The highest BCUT2D eigenvalue weighted by Gasteiger charge is 2.36. The van der Waals surface area contributed by atoms with Gasteiger partial charge in [0.15, 0.2) is 0 Å². The lowest BCUT2D eigenvalue weighted by atomic mass is 9.93. The number of imide groups is 2. The van der Waals surface area contributed by atoms with E-state index in [2.05, 4.69) is 9.48 Å². The summed E-state index contributed by atoms with van der Waals surface area (Å²) in [5.74, 6) is -0.718. The molecule has 0 fully saturated rings. The zero-order valence-electron chi connectivity index (χ0n) is 32.0. The monoisotopic (exact) mass is 796 g/mol. The van der Waals surface area contributed by atoms with Crippen LogP contribution in [0.1, 0.15) is 68.1 Å². The highest BCUT2D eigenvalue weighted by molar-refractivity contribution is 7.85. The van der Waals surface area contributed by atoms with E-state index in [1.54, 1.807) is 60.7 Å². The Hall–Kier alpha value is -6.44. The summed E-state index contributed by atoms with van der Waals surface area (Å²) >= 11 is 0. The number of rotatable bonds is 13. The van der Waals surface area contributed by atoms with Crippen LogP contribution in [0.25, 0.3) is 33.4 Å². The van der Waals surface area contributed by atoms with Gasteiger partial charge in [0, 0.05) is 72.5 Å². The third-order valence-corrected chi connectivity index (χ3v) is 11.9. The van der Waals surface area contributed by atoms with Crippen molar-refractivity contribution in [3.05, 3.63) is 137 Å². The fraction of sp³-hybridized carbons (Fsp3) is 0.222. The van der Waals surface area contributed by atoms with Gasteiger partial charge in [0.05, 0.1) is 33.2 Å². The van der Waals surface area contributed by atoms with Crippen molar-refractivity contribution < 1.29 is 36.6 Å². The van der Waals surface area contributed by atoms with Crippen molar-refractivity contribution in [3.63, 3.8) is 0 Å². The van der Waals surface area contributed by atoms with Gasteiger partial charge in [-0.05, 0) is 68.8 Å². The molecule has 1 aliphatic carbocycles. The number of amides is 4. The van der Waals surface area contributed by atoms with E-state index in [1.165, 1.54) is 21.9 Å². The normalized spacial score (nSPS) is 14.5. The fourth-order valence-corrected chi connectivity index (χ4v) is 8.79. The van der Waals surface area contributed by atoms with Gasteiger partial charge in [-0.2, -0.15) is 0 Å². The first-order chi connectivity index (χ1) is 28.0. The molecule has 3 heterocycles. The lowest BCUT2D eigenvalue weighted by Crippen LogP contribution is -2.35. The first kappa shape index (κ1) is 38.4. The van der Waals surface area contributed by atoms with Gasteiger partial charge in [-0.15, -0.1) is 0 Å². The van der Waals surface area contributed by atoms with E-state index in [4.69, 9.17) is 4.42 Å². The van der Waals surface area contributed by atoms with E-state index in [0.717, 1.165) is 11.0 Å². The van der Waals surface area contributed by atoms with Gasteiger partial charge in [0.1, 0.15) is 34.6 Å². The Balaban J connectivity index is 1.13. The van der Waals surface area contributed by atoms with Crippen LogP contribution in [0.15, 0.2) is 119 Å².